The second-order valence-electron chi connectivity index (χ2n) is 3.70. The number of carbonyl (C=O) groups is 1. The van der Waals surface area contributed by atoms with Crippen molar-refractivity contribution in [2.24, 2.45) is 0 Å². The average Bonchev–Trinajstić information content (AvgIpc) is 2.39. The van der Waals surface area contributed by atoms with Gasteiger partial charge in [-0.1, -0.05) is 39.3 Å². The molecule has 0 unspecified atom stereocenters. The molecule has 0 aliphatic rings. The number of hydrogen-bond donors (Lipinski definition) is 1. The van der Waals surface area contributed by atoms with E-state index in [9.17, 15) is 4.79 Å². The molecule has 3 nitrogen and oxygen atoms in total. The van der Waals surface area contributed by atoms with E-state index in [0.717, 1.165) is 6.42 Å². The maximum absolute atomic E-state index is 9.82. The summed E-state index contributed by atoms with van der Waals surface area (Å²) in [7, 11) is 0. The third kappa shape index (κ3) is 14.4. The maximum atomic E-state index is 9.82. The number of aryl methyl sites for hydroxylation is 1. The number of phenols is 1. The summed E-state index contributed by atoms with van der Waals surface area (Å²) in [6.07, 6.45) is 3.48. The zero-order chi connectivity index (χ0) is 15.1. The van der Waals surface area contributed by atoms with E-state index in [1.165, 1.54) is 25.3 Å². The number of carbonyl (C=O) groups excluding carboxylic acids is 1. The van der Waals surface area contributed by atoms with Gasteiger partial charge in [0.15, 0.2) is 0 Å². The molecule has 1 N–H and O–H groups in total. The van der Waals surface area contributed by atoms with Crippen molar-refractivity contribution in [3.63, 3.8) is 0 Å². The van der Waals surface area contributed by atoms with E-state index in [4.69, 9.17) is 5.11 Å². The molecule has 0 aliphatic heterocycles. The molecular weight excluding hydrogens is 240 g/mol. The summed E-state index contributed by atoms with van der Waals surface area (Å²) < 4.78 is 4.40. The first kappa shape index (κ1) is 19.8. The van der Waals surface area contributed by atoms with E-state index >= 15 is 0 Å². The summed E-state index contributed by atoms with van der Waals surface area (Å²) >= 11 is 0. The normalized spacial score (nSPS) is 8.47. The zero-order valence-corrected chi connectivity index (χ0v) is 12.9. The molecular formula is C16H28O3. The lowest BCUT2D eigenvalue weighted by Gasteiger charge is -1.98. The van der Waals surface area contributed by atoms with Gasteiger partial charge in [-0.05, 0) is 37.5 Å². The number of phenolic OH excluding ortho intramolecular Hbond substituents is 1. The lowest BCUT2D eigenvalue weighted by molar-refractivity contribution is -0.140. The van der Waals surface area contributed by atoms with Gasteiger partial charge < -0.3 is 9.84 Å². The predicted molar refractivity (Wildman–Crippen MR) is 80.4 cm³/mol. The minimum absolute atomic E-state index is 0.211. The summed E-state index contributed by atoms with van der Waals surface area (Å²) in [4.78, 5) is 9.82. The fourth-order valence-electron chi connectivity index (χ4n) is 1.30. The Morgan fingerprint density at radius 2 is 1.89 bits per heavy atom. The molecule has 0 heterocycles. The van der Waals surface area contributed by atoms with Crippen LogP contribution in [0.15, 0.2) is 24.3 Å². The molecule has 1 aromatic carbocycles. The van der Waals surface area contributed by atoms with Crippen LogP contribution in [0.4, 0.5) is 0 Å². The summed E-state index contributed by atoms with van der Waals surface area (Å²) in [5, 5.41) is 9.11. The van der Waals surface area contributed by atoms with E-state index in [0.29, 0.717) is 12.4 Å². The first-order chi connectivity index (χ1) is 9.10. The maximum Gasteiger partial charge on any atom is 0.302 e. The largest absolute Gasteiger partial charge is 0.508 e. The third-order valence-corrected chi connectivity index (χ3v) is 2.08. The Hall–Kier alpha value is -1.51. The molecule has 19 heavy (non-hydrogen) atoms. The van der Waals surface area contributed by atoms with Gasteiger partial charge in [0, 0.05) is 6.92 Å². The molecule has 1 rings (SSSR count). The molecule has 0 radical (unpaired) electrons. The van der Waals surface area contributed by atoms with Crippen LogP contribution < -0.4 is 0 Å². The third-order valence-electron chi connectivity index (χ3n) is 2.08. The summed E-state index contributed by atoms with van der Waals surface area (Å²) in [6.45, 7) is 9.82. The van der Waals surface area contributed by atoms with Crippen molar-refractivity contribution < 1.29 is 14.6 Å². The Morgan fingerprint density at radius 3 is 2.26 bits per heavy atom. The van der Waals surface area contributed by atoms with Crippen LogP contribution in [0.2, 0.25) is 0 Å². The number of ether oxygens (including phenoxy) is 1. The molecule has 0 atom stereocenters. The quantitative estimate of drug-likeness (QED) is 0.827. The minimum Gasteiger partial charge on any atom is -0.508 e. The SMILES string of the molecule is CC.CCCCc1cccc(O)c1.CCOC(C)=O. The minimum atomic E-state index is -0.211. The number of benzene rings is 1. The van der Waals surface area contributed by atoms with Crippen LogP contribution in [0.1, 0.15) is 53.0 Å². The van der Waals surface area contributed by atoms with E-state index in [1.54, 1.807) is 13.0 Å². The molecule has 0 fully saturated rings. The first-order valence-corrected chi connectivity index (χ1v) is 7.01. The fourth-order valence-corrected chi connectivity index (χ4v) is 1.30. The number of esters is 1. The summed E-state index contributed by atoms with van der Waals surface area (Å²) in [6, 6.07) is 7.47. The summed E-state index contributed by atoms with van der Waals surface area (Å²) in [5.74, 6) is 0.163. The Labute approximate surface area is 117 Å². The van der Waals surface area contributed by atoms with Gasteiger partial charge in [-0.2, -0.15) is 0 Å². The van der Waals surface area contributed by atoms with Crippen molar-refractivity contribution in [3.05, 3.63) is 29.8 Å². The summed E-state index contributed by atoms with van der Waals surface area (Å²) in [5.41, 5.74) is 1.23. The van der Waals surface area contributed by atoms with E-state index < -0.39 is 0 Å². The van der Waals surface area contributed by atoms with Crippen LogP contribution in [0.3, 0.4) is 0 Å². The van der Waals surface area contributed by atoms with Crippen molar-refractivity contribution in [1.29, 1.82) is 0 Å². The number of rotatable bonds is 4. The van der Waals surface area contributed by atoms with Gasteiger partial charge in [0.05, 0.1) is 6.61 Å². The molecule has 0 spiro atoms. The molecule has 1 aromatic rings. The van der Waals surface area contributed by atoms with Crippen molar-refractivity contribution >= 4 is 5.97 Å². The molecule has 0 saturated heterocycles. The number of hydrogen-bond acceptors (Lipinski definition) is 3. The highest BCUT2D eigenvalue weighted by Crippen LogP contribution is 2.12. The lowest BCUT2D eigenvalue weighted by atomic mass is 10.1. The highest BCUT2D eigenvalue weighted by Gasteiger charge is 1.92. The molecule has 0 aliphatic carbocycles. The van der Waals surface area contributed by atoms with Crippen LogP contribution in [-0.4, -0.2) is 17.7 Å². The lowest BCUT2D eigenvalue weighted by Crippen LogP contribution is -1.95. The van der Waals surface area contributed by atoms with E-state index in [-0.39, 0.29) is 5.97 Å². The van der Waals surface area contributed by atoms with Gasteiger partial charge >= 0.3 is 5.97 Å². The number of aromatic hydroxyl groups is 1. The Morgan fingerprint density at radius 1 is 1.26 bits per heavy atom. The predicted octanol–water partition coefficient (Wildman–Crippen LogP) is 4.33. The van der Waals surface area contributed by atoms with Gasteiger partial charge in [-0.25, -0.2) is 0 Å². The standard InChI is InChI=1S/C10H14O.C4H8O2.C2H6/c1-2-3-5-9-6-4-7-10(11)8-9;1-3-6-4(2)5;1-2/h4,6-8,11H,2-3,5H2,1H3;3H2,1-2H3;1-2H3. The molecule has 0 bridgehead atoms. The fraction of sp³-hybridized carbons (Fsp3) is 0.562. The average molecular weight is 268 g/mol. The monoisotopic (exact) mass is 268 g/mol. The second kappa shape index (κ2) is 14.6. The van der Waals surface area contributed by atoms with Crippen LogP contribution in [0.5, 0.6) is 5.75 Å². The first-order valence-electron chi connectivity index (χ1n) is 7.01. The van der Waals surface area contributed by atoms with Gasteiger partial charge in [-0.3, -0.25) is 4.79 Å². The van der Waals surface area contributed by atoms with Crippen molar-refractivity contribution in [2.45, 2.75) is 53.9 Å². The van der Waals surface area contributed by atoms with Crippen molar-refractivity contribution in [2.75, 3.05) is 6.61 Å². The Balaban J connectivity index is 0. The van der Waals surface area contributed by atoms with Crippen molar-refractivity contribution in [3.8, 4) is 5.75 Å². The molecule has 110 valence electrons. The Kier molecular flexibility index (Phi) is 15.2. The van der Waals surface area contributed by atoms with Crippen molar-refractivity contribution in [1.82, 2.24) is 0 Å². The van der Waals surface area contributed by atoms with Gasteiger partial charge in [0.2, 0.25) is 0 Å². The van der Waals surface area contributed by atoms with Gasteiger partial charge in [0.25, 0.3) is 0 Å². The second-order valence-corrected chi connectivity index (χ2v) is 3.70. The molecule has 0 aromatic heterocycles. The highest BCUT2D eigenvalue weighted by molar-refractivity contribution is 5.65. The molecule has 3 heteroatoms. The topological polar surface area (TPSA) is 46.5 Å². The highest BCUT2D eigenvalue weighted by atomic mass is 16.5. The van der Waals surface area contributed by atoms with Crippen LogP contribution in [0, 0.1) is 0 Å². The zero-order valence-electron chi connectivity index (χ0n) is 12.9. The molecule has 0 amide bonds. The Bertz CT molecular complexity index is 322. The van der Waals surface area contributed by atoms with Gasteiger partial charge in [0.1, 0.15) is 5.75 Å². The van der Waals surface area contributed by atoms with Crippen LogP contribution in [-0.2, 0) is 16.0 Å². The van der Waals surface area contributed by atoms with E-state index in [2.05, 4.69) is 17.7 Å². The number of unbranched alkanes of at least 4 members (excludes halogenated alkanes) is 1. The van der Waals surface area contributed by atoms with Gasteiger partial charge in [-0.15, -0.1) is 0 Å². The van der Waals surface area contributed by atoms with Crippen LogP contribution in [0.25, 0.3) is 0 Å². The molecule has 0 saturated carbocycles. The van der Waals surface area contributed by atoms with Crippen LogP contribution >= 0.6 is 0 Å². The smallest absolute Gasteiger partial charge is 0.302 e. The van der Waals surface area contributed by atoms with E-state index in [1.807, 2.05) is 26.0 Å².